The van der Waals surface area contributed by atoms with Crippen molar-refractivity contribution < 1.29 is 4.74 Å². The zero-order chi connectivity index (χ0) is 18.2. The lowest BCUT2D eigenvalue weighted by Crippen LogP contribution is -2.41. The first-order valence-corrected chi connectivity index (χ1v) is 10.3. The third-order valence-corrected chi connectivity index (χ3v) is 5.64. The second kappa shape index (κ2) is 9.74. The van der Waals surface area contributed by atoms with Crippen LogP contribution < -0.4 is 5.32 Å². The summed E-state index contributed by atoms with van der Waals surface area (Å²) in [5.74, 6) is 2.08. The van der Waals surface area contributed by atoms with Gasteiger partial charge >= 0.3 is 0 Å². The molecule has 1 fully saturated rings. The molecule has 140 valence electrons. The van der Waals surface area contributed by atoms with Gasteiger partial charge in [-0.15, -0.1) is 0 Å². The Morgan fingerprint density at radius 1 is 1.35 bits per heavy atom. The number of guanidine groups is 1. The molecule has 26 heavy (non-hydrogen) atoms. The van der Waals surface area contributed by atoms with Gasteiger partial charge in [-0.25, -0.2) is 0 Å². The molecule has 2 heterocycles. The van der Waals surface area contributed by atoms with Gasteiger partial charge in [-0.05, 0) is 40.3 Å². The van der Waals surface area contributed by atoms with Crippen molar-refractivity contribution in [2.45, 2.75) is 25.9 Å². The molecule has 1 aliphatic rings. The lowest BCUT2D eigenvalue weighted by molar-refractivity contribution is 0.0906. The van der Waals surface area contributed by atoms with E-state index in [1.165, 1.54) is 11.1 Å². The maximum Gasteiger partial charge on any atom is 0.193 e. The zero-order valence-corrected chi connectivity index (χ0v) is 16.5. The molecule has 2 unspecified atom stereocenters. The van der Waals surface area contributed by atoms with Gasteiger partial charge in [0.1, 0.15) is 0 Å². The lowest BCUT2D eigenvalue weighted by Gasteiger charge is -2.23. The number of nitrogens with one attached hydrogen (secondary N) is 1. The highest BCUT2D eigenvalue weighted by Crippen LogP contribution is 2.19. The Morgan fingerprint density at radius 3 is 2.92 bits per heavy atom. The van der Waals surface area contributed by atoms with Crippen LogP contribution in [-0.2, 0) is 11.3 Å². The van der Waals surface area contributed by atoms with Crippen molar-refractivity contribution >= 4 is 17.3 Å². The monoisotopic (exact) mass is 371 g/mol. The topological polar surface area (TPSA) is 36.9 Å². The molecule has 1 aromatic heterocycles. The third kappa shape index (κ3) is 5.32. The molecule has 0 spiro atoms. The number of aliphatic imine (C=N–C) groups is 1. The standard InChI is InChI=1S/C21H29N3OS/c1-17(20-9-11-26-16-20)12-23-21(22-2)24-10-8-19(13-24)15-25-14-18-6-4-3-5-7-18/h3-7,9,11,16-17,19H,8,10,12-15H2,1-2H3,(H,22,23). The van der Waals surface area contributed by atoms with Crippen molar-refractivity contribution in [2.24, 2.45) is 10.9 Å². The van der Waals surface area contributed by atoms with Crippen LogP contribution >= 0.6 is 11.3 Å². The molecule has 1 aromatic carbocycles. The molecule has 5 heteroatoms. The summed E-state index contributed by atoms with van der Waals surface area (Å²) in [5.41, 5.74) is 2.63. The van der Waals surface area contributed by atoms with Gasteiger partial charge in [-0.2, -0.15) is 11.3 Å². The molecule has 2 aromatic rings. The summed E-state index contributed by atoms with van der Waals surface area (Å²) in [6, 6.07) is 12.6. The van der Waals surface area contributed by atoms with Crippen LogP contribution in [0.2, 0.25) is 0 Å². The van der Waals surface area contributed by atoms with Gasteiger partial charge in [0, 0.05) is 32.6 Å². The van der Waals surface area contributed by atoms with Crippen LogP contribution in [0.5, 0.6) is 0 Å². The molecule has 0 saturated carbocycles. The van der Waals surface area contributed by atoms with Crippen LogP contribution in [0.15, 0.2) is 52.2 Å². The lowest BCUT2D eigenvalue weighted by atomic mass is 10.1. The first-order valence-electron chi connectivity index (χ1n) is 9.35. The van der Waals surface area contributed by atoms with Gasteiger partial charge in [0.15, 0.2) is 5.96 Å². The first kappa shape index (κ1) is 18.9. The number of hydrogen-bond donors (Lipinski definition) is 1. The Balaban J connectivity index is 1.40. The van der Waals surface area contributed by atoms with E-state index in [0.717, 1.165) is 38.6 Å². The summed E-state index contributed by atoms with van der Waals surface area (Å²) in [7, 11) is 1.87. The predicted molar refractivity (Wildman–Crippen MR) is 110 cm³/mol. The Hall–Kier alpha value is -1.85. The van der Waals surface area contributed by atoms with Crippen LogP contribution in [0, 0.1) is 5.92 Å². The second-order valence-corrected chi connectivity index (χ2v) is 7.77. The molecule has 3 rings (SSSR count). The second-order valence-electron chi connectivity index (χ2n) is 6.99. The number of ether oxygens (including phenoxy) is 1. The molecule has 0 aliphatic carbocycles. The van der Waals surface area contributed by atoms with Crippen molar-refractivity contribution in [3.05, 3.63) is 58.3 Å². The first-order chi connectivity index (χ1) is 12.8. The predicted octanol–water partition coefficient (Wildman–Crippen LogP) is 3.97. The summed E-state index contributed by atoms with van der Waals surface area (Å²) in [4.78, 5) is 6.84. The molecule has 4 nitrogen and oxygen atoms in total. The highest BCUT2D eigenvalue weighted by molar-refractivity contribution is 7.07. The summed E-state index contributed by atoms with van der Waals surface area (Å²) >= 11 is 1.76. The molecule has 0 amide bonds. The minimum atomic E-state index is 0.491. The molecular weight excluding hydrogens is 342 g/mol. The molecule has 0 bridgehead atoms. The van der Waals surface area contributed by atoms with Crippen molar-refractivity contribution in [1.29, 1.82) is 0 Å². The number of rotatable bonds is 7. The molecule has 1 saturated heterocycles. The summed E-state index contributed by atoms with van der Waals surface area (Å²) < 4.78 is 5.93. The molecule has 2 atom stereocenters. The van der Waals surface area contributed by atoms with E-state index >= 15 is 0 Å². The van der Waals surface area contributed by atoms with Gasteiger partial charge in [0.05, 0.1) is 13.2 Å². The quantitative estimate of drug-likeness (QED) is 0.591. The largest absolute Gasteiger partial charge is 0.376 e. The fourth-order valence-corrected chi connectivity index (χ4v) is 4.11. The van der Waals surface area contributed by atoms with E-state index in [-0.39, 0.29) is 0 Å². The molecule has 1 N–H and O–H groups in total. The van der Waals surface area contributed by atoms with Crippen molar-refractivity contribution in [2.75, 3.05) is 33.3 Å². The molecular formula is C21H29N3OS. The van der Waals surface area contributed by atoms with Crippen LogP contribution in [0.4, 0.5) is 0 Å². The summed E-state index contributed by atoms with van der Waals surface area (Å²) in [5, 5.41) is 7.91. The zero-order valence-electron chi connectivity index (χ0n) is 15.7. The fourth-order valence-electron chi connectivity index (χ4n) is 3.33. The Kier molecular flexibility index (Phi) is 7.09. The van der Waals surface area contributed by atoms with E-state index in [1.807, 2.05) is 13.1 Å². The fraction of sp³-hybridized carbons (Fsp3) is 0.476. The van der Waals surface area contributed by atoms with Crippen LogP contribution in [0.3, 0.4) is 0 Å². The van der Waals surface area contributed by atoms with Crippen LogP contribution in [0.25, 0.3) is 0 Å². The minimum Gasteiger partial charge on any atom is -0.376 e. The number of likely N-dealkylation sites (tertiary alicyclic amines) is 1. The molecule has 1 aliphatic heterocycles. The van der Waals surface area contributed by atoms with E-state index in [2.05, 4.69) is 63.2 Å². The van der Waals surface area contributed by atoms with Crippen LogP contribution in [0.1, 0.15) is 30.4 Å². The highest BCUT2D eigenvalue weighted by atomic mass is 32.1. The van der Waals surface area contributed by atoms with Gasteiger partial charge in [0.2, 0.25) is 0 Å². The van der Waals surface area contributed by atoms with Gasteiger partial charge in [-0.3, -0.25) is 4.99 Å². The number of hydrogen-bond acceptors (Lipinski definition) is 3. The Morgan fingerprint density at radius 2 is 2.19 bits per heavy atom. The maximum atomic E-state index is 5.93. The normalized spacial score (nSPS) is 18.9. The third-order valence-electron chi connectivity index (χ3n) is 4.94. The van der Waals surface area contributed by atoms with Crippen molar-refractivity contribution in [3.8, 4) is 0 Å². The van der Waals surface area contributed by atoms with Gasteiger partial charge in [0.25, 0.3) is 0 Å². The summed E-state index contributed by atoms with van der Waals surface area (Å²) in [6.07, 6.45) is 1.16. The smallest absolute Gasteiger partial charge is 0.193 e. The number of nitrogens with zero attached hydrogens (tertiary/aromatic N) is 2. The van der Waals surface area contributed by atoms with E-state index in [0.29, 0.717) is 18.4 Å². The Labute approximate surface area is 160 Å². The molecule has 0 radical (unpaired) electrons. The average molecular weight is 372 g/mol. The van der Waals surface area contributed by atoms with Crippen molar-refractivity contribution in [1.82, 2.24) is 10.2 Å². The maximum absolute atomic E-state index is 5.93. The minimum absolute atomic E-state index is 0.491. The number of thiophene rings is 1. The SMILES string of the molecule is CN=C(NCC(C)c1ccsc1)N1CCC(COCc2ccccc2)C1. The van der Waals surface area contributed by atoms with Crippen LogP contribution in [-0.4, -0.2) is 44.1 Å². The van der Waals surface area contributed by atoms with Gasteiger partial charge < -0.3 is 15.0 Å². The number of benzene rings is 1. The highest BCUT2D eigenvalue weighted by Gasteiger charge is 2.25. The van der Waals surface area contributed by atoms with E-state index in [9.17, 15) is 0 Å². The van der Waals surface area contributed by atoms with E-state index in [1.54, 1.807) is 11.3 Å². The van der Waals surface area contributed by atoms with E-state index < -0.39 is 0 Å². The van der Waals surface area contributed by atoms with Crippen molar-refractivity contribution in [3.63, 3.8) is 0 Å². The van der Waals surface area contributed by atoms with E-state index in [4.69, 9.17) is 4.74 Å². The summed E-state index contributed by atoms with van der Waals surface area (Å²) in [6.45, 7) is 6.74. The average Bonchev–Trinajstić information content (AvgIpc) is 3.35. The Bertz CT molecular complexity index is 672. The van der Waals surface area contributed by atoms with Gasteiger partial charge in [-0.1, -0.05) is 37.3 Å².